The quantitative estimate of drug-likeness (QED) is 0.167. The number of hydrogen-bond donors (Lipinski definition) is 1. The fourth-order valence-corrected chi connectivity index (χ4v) is 8.03. The van der Waals surface area contributed by atoms with E-state index in [0.29, 0.717) is 22.5 Å². The molecule has 294 valence electrons. The Morgan fingerprint density at radius 1 is 0.583 bits per heavy atom. The van der Waals surface area contributed by atoms with E-state index >= 15 is 0 Å². The van der Waals surface area contributed by atoms with Gasteiger partial charge >= 0.3 is 0 Å². The standard InChI is InChI=1S/C56H49N3O/c1-36(2)38-24-26-39(27-25-38)42-28-29-57-50(34-42)44-31-43(32-45(33-44)56(4,5)6)46-21-15-22-51-54(46)58-55(47-20-13-14-23-53(47)60)59(51)52-35-48(40-16-9-7-10-17-40)37(3)30-49(52)41-18-11-8-12-19-41/h7-36,60H,1-6H3/i3D3,36D. The predicted octanol–water partition coefficient (Wildman–Crippen LogP) is 14.9. The SMILES string of the molecule is [2H]C([2H])([2H])c1cc(-c2ccccc2)c(-n2c(-c3ccccc3O)nc3c(-c4cc(-c5cc(-c6ccc(C([2H])(C)C)cc6)ccn5)cc(C(C)(C)C)c4)cccc32)cc1-c1ccccc1. The van der Waals surface area contributed by atoms with Crippen LogP contribution in [0.15, 0.2) is 176 Å². The molecule has 0 unspecified atom stereocenters. The number of pyridine rings is 1. The average Bonchev–Trinajstić information content (AvgIpc) is 3.68. The Labute approximate surface area is 359 Å². The lowest BCUT2D eigenvalue weighted by atomic mass is 9.83. The van der Waals surface area contributed by atoms with Crippen LogP contribution in [0.25, 0.3) is 83.9 Å². The summed E-state index contributed by atoms with van der Waals surface area (Å²) in [6, 6.07) is 55.5. The molecular weight excluding hydrogens is 731 g/mol. The lowest BCUT2D eigenvalue weighted by molar-refractivity contribution is 0.477. The number of rotatable bonds is 8. The number of phenols is 1. The highest BCUT2D eigenvalue weighted by molar-refractivity contribution is 5.98. The second kappa shape index (κ2) is 15.6. The van der Waals surface area contributed by atoms with E-state index in [-0.39, 0.29) is 16.7 Å². The third-order valence-electron chi connectivity index (χ3n) is 11.3. The lowest BCUT2D eigenvalue weighted by Gasteiger charge is -2.22. The zero-order valence-corrected chi connectivity index (χ0v) is 34.5. The van der Waals surface area contributed by atoms with Crippen molar-refractivity contribution in [1.29, 1.82) is 0 Å². The molecule has 0 aliphatic carbocycles. The van der Waals surface area contributed by atoms with E-state index in [0.717, 1.165) is 72.5 Å². The second-order valence-electron chi connectivity index (χ2n) is 16.7. The minimum atomic E-state index is -2.41. The topological polar surface area (TPSA) is 50.9 Å². The van der Waals surface area contributed by atoms with Crippen molar-refractivity contribution < 1.29 is 10.6 Å². The molecule has 7 aromatic carbocycles. The van der Waals surface area contributed by atoms with Crippen molar-refractivity contribution in [3.05, 3.63) is 193 Å². The van der Waals surface area contributed by atoms with Crippen LogP contribution in [0, 0.1) is 6.85 Å². The smallest absolute Gasteiger partial charge is 0.149 e. The number of benzene rings is 7. The number of para-hydroxylation sites is 2. The van der Waals surface area contributed by atoms with Gasteiger partial charge in [-0.05, 0) is 123 Å². The van der Waals surface area contributed by atoms with Gasteiger partial charge in [0.1, 0.15) is 11.6 Å². The fourth-order valence-electron chi connectivity index (χ4n) is 8.03. The Morgan fingerprint density at radius 3 is 1.93 bits per heavy atom. The van der Waals surface area contributed by atoms with Crippen LogP contribution in [-0.2, 0) is 5.41 Å². The van der Waals surface area contributed by atoms with Crippen molar-refractivity contribution in [3.63, 3.8) is 0 Å². The number of aromatic hydroxyl groups is 1. The molecular formula is C56H49N3O. The van der Waals surface area contributed by atoms with Gasteiger partial charge in [0.05, 0.1) is 28.0 Å². The van der Waals surface area contributed by atoms with Gasteiger partial charge in [0.25, 0.3) is 0 Å². The number of nitrogens with zero attached hydrogens (tertiary/aromatic N) is 3. The minimum absolute atomic E-state index is 0.0743. The first kappa shape index (κ1) is 33.9. The van der Waals surface area contributed by atoms with Crippen LogP contribution in [0.2, 0.25) is 0 Å². The van der Waals surface area contributed by atoms with Gasteiger partial charge in [0.2, 0.25) is 0 Å². The van der Waals surface area contributed by atoms with Crippen molar-refractivity contribution in [2.24, 2.45) is 0 Å². The first-order chi connectivity index (χ1) is 30.5. The molecule has 0 aliphatic rings. The molecule has 60 heavy (non-hydrogen) atoms. The number of hydrogen-bond acceptors (Lipinski definition) is 3. The van der Waals surface area contributed by atoms with Crippen molar-refractivity contribution in [1.82, 2.24) is 14.5 Å². The Hall–Kier alpha value is -7.04. The lowest BCUT2D eigenvalue weighted by Crippen LogP contribution is -2.11. The van der Waals surface area contributed by atoms with E-state index in [1.807, 2.05) is 129 Å². The van der Waals surface area contributed by atoms with Crippen LogP contribution in [0.1, 0.15) is 62.7 Å². The van der Waals surface area contributed by atoms with Gasteiger partial charge < -0.3 is 5.11 Å². The van der Waals surface area contributed by atoms with Gasteiger partial charge in [-0.25, -0.2) is 4.98 Å². The number of imidazole rings is 1. The summed E-state index contributed by atoms with van der Waals surface area (Å²) < 4.78 is 36.7. The van der Waals surface area contributed by atoms with Gasteiger partial charge in [-0.15, -0.1) is 0 Å². The van der Waals surface area contributed by atoms with Gasteiger partial charge in [-0.2, -0.15) is 0 Å². The molecule has 2 heterocycles. The van der Waals surface area contributed by atoms with Gasteiger partial charge in [-0.3, -0.25) is 9.55 Å². The van der Waals surface area contributed by atoms with E-state index in [4.69, 9.17) is 15.5 Å². The van der Waals surface area contributed by atoms with Crippen LogP contribution in [0.3, 0.4) is 0 Å². The van der Waals surface area contributed by atoms with Crippen LogP contribution < -0.4 is 0 Å². The number of phenolic OH excluding ortho intramolecular Hbond substituents is 1. The zero-order chi connectivity index (χ0) is 45.0. The van der Waals surface area contributed by atoms with Gasteiger partial charge in [0, 0.05) is 28.4 Å². The largest absolute Gasteiger partial charge is 0.507 e. The maximum absolute atomic E-state index is 11.5. The molecule has 0 fully saturated rings. The van der Waals surface area contributed by atoms with Gasteiger partial charge in [0.15, 0.2) is 0 Å². The summed E-state index contributed by atoms with van der Waals surface area (Å²) in [5.74, 6) is -0.100. The first-order valence-electron chi connectivity index (χ1n) is 22.4. The van der Waals surface area contributed by atoms with Crippen molar-refractivity contribution in [2.75, 3.05) is 0 Å². The highest BCUT2D eigenvalue weighted by Crippen LogP contribution is 2.43. The predicted molar refractivity (Wildman–Crippen MR) is 251 cm³/mol. The van der Waals surface area contributed by atoms with Crippen LogP contribution >= 0.6 is 0 Å². The molecule has 1 N–H and O–H groups in total. The molecule has 0 amide bonds. The highest BCUT2D eigenvalue weighted by atomic mass is 16.3. The molecule has 0 saturated heterocycles. The molecule has 2 aromatic heterocycles. The number of aromatic nitrogens is 3. The minimum Gasteiger partial charge on any atom is -0.507 e. The Kier molecular flexibility index (Phi) is 8.82. The Bertz CT molecular complexity index is 3160. The fraction of sp³-hybridized carbons (Fsp3) is 0.143. The molecule has 0 atom stereocenters. The van der Waals surface area contributed by atoms with E-state index in [1.54, 1.807) is 18.2 Å². The van der Waals surface area contributed by atoms with E-state index in [9.17, 15) is 5.11 Å². The molecule has 4 heteroatoms. The normalized spacial score (nSPS) is 13.1. The second-order valence-corrected chi connectivity index (χ2v) is 16.7. The van der Waals surface area contributed by atoms with Crippen molar-refractivity contribution in [3.8, 4) is 78.6 Å². The van der Waals surface area contributed by atoms with Crippen molar-refractivity contribution >= 4 is 11.0 Å². The summed E-state index contributed by atoms with van der Waals surface area (Å²) >= 11 is 0. The molecule has 9 aromatic rings. The maximum atomic E-state index is 11.5. The summed E-state index contributed by atoms with van der Waals surface area (Å²) in [5.41, 5.74) is 13.5. The third kappa shape index (κ3) is 7.30. The Morgan fingerprint density at radius 2 is 1.25 bits per heavy atom. The maximum Gasteiger partial charge on any atom is 0.149 e. The summed E-state index contributed by atoms with van der Waals surface area (Å²) in [6.45, 7) is 8.00. The van der Waals surface area contributed by atoms with Crippen LogP contribution in [-0.4, -0.2) is 19.6 Å². The monoisotopic (exact) mass is 783 g/mol. The number of aryl methyl sites for hydroxylation is 1. The summed E-state index contributed by atoms with van der Waals surface area (Å²) in [4.78, 5) is 10.3. The molecule has 0 aliphatic heterocycles. The zero-order valence-electron chi connectivity index (χ0n) is 38.5. The molecule has 9 rings (SSSR count). The highest BCUT2D eigenvalue weighted by Gasteiger charge is 2.24. The molecule has 0 saturated carbocycles. The van der Waals surface area contributed by atoms with E-state index in [2.05, 4.69) is 67.8 Å². The third-order valence-corrected chi connectivity index (χ3v) is 11.3. The van der Waals surface area contributed by atoms with Crippen LogP contribution in [0.5, 0.6) is 5.75 Å². The summed E-state index contributed by atoms with van der Waals surface area (Å²) in [7, 11) is 0. The first-order valence-corrected chi connectivity index (χ1v) is 20.4. The summed E-state index contributed by atoms with van der Waals surface area (Å²) in [6.07, 6.45) is 1.85. The van der Waals surface area contributed by atoms with Crippen molar-refractivity contribution in [2.45, 2.75) is 52.8 Å². The molecule has 4 nitrogen and oxygen atoms in total. The molecule has 0 radical (unpaired) electrons. The summed E-state index contributed by atoms with van der Waals surface area (Å²) in [5, 5.41) is 11.5. The number of fused-ring (bicyclic) bond motifs is 1. The average molecular weight is 784 g/mol. The van der Waals surface area contributed by atoms with Crippen LogP contribution in [0.4, 0.5) is 0 Å². The molecule has 0 spiro atoms. The van der Waals surface area contributed by atoms with E-state index in [1.165, 1.54) is 0 Å². The Balaban J connectivity index is 1.31. The van der Waals surface area contributed by atoms with E-state index < -0.39 is 12.7 Å². The van der Waals surface area contributed by atoms with Gasteiger partial charge in [-0.1, -0.05) is 150 Å². The molecule has 0 bridgehead atoms.